The molecule has 0 radical (unpaired) electrons. The minimum atomic E-state index is -3.63. The van der Waals surface area contributed by atoms with E-state index in [1.807, 2.05) is 54.6 Å². The fraction of sp³-hybridized carbons (Fsp3) is 0.267. The highest BCUT2D eigenvalue weighted by molar-refractivity contribution is 7.90. The summed E-state index contributed by atoms with van der Waals surface area (Å²) in [4.78, 5) is 25.5. The Hall–Kier alpha value is -3.91. The standard InChI is InChI=1S/C30H34N2O5S/c1-22(31)26-13-7-24(8-14-26)10-18-29(34)19-32-30(35)27(15-9-23-5-3-2-4-6-23)21-38(36,37)20-25-11-16-28(33)17-12-25/h2-8,11-14,16-17,27,33H,1,9-10,15,18-21,31H2,(H,32,35)/t27-/m0/s1. The van der Waals surface area contributed by atoms with E-state index in [-0.39, 0.29) is 36.0 Å². The Kier molecular flexibility index (Phi) is 10.2. The Morgan fingerprint density at radius 1 is 0.868 bits per heavy atom. The lowest BCUT2D eigenvalue weighted by atomic mass is 10.00. The zero-order valence-electron chi connectivity index (χ0n) is 21.3. The van der Waals surface area contributed by atoms with Crippen LogP contribution in [0, 0.1) is 5.92 Å². The van der Waals surface area contributed by atoms with E-state index >= 15 is 0 Å². The lowest BCUT2D eigenvalue weighted by Gasteiger charge is -2.17. The minimum Gasteiger partial charge on any atom is -0.508 e. The quantitative estimate of drug-likeness (QED) is 0.289. The normalized spacial score (nSPS) is 12.0. The number of phenols is 1. The number of ketones is 1. The van der Waals surface area contributed by atoms with Crippen LogP contribution in [0.4, 0.5) is 0 Å². The van der Waals surface area contributed by atoms with Gasteiger partial charge in [-0.05, 0) is 53.6 Å². The number of Topliss-reactive ketones (excluding diaryl/α,β-unsaturated/α-hetero) is 1. The molecule has 4 N–H and O–H groups in total. The molecule has 0 saturated carbocycles. The van der Waals surface area contributed by atoms with Crippen molar-refractivity contribution in [2.24, 2.45) is 11.7 Å². The second-order valence-electron chi connectivity index (χ2n) is 9.42. The monoisotopic (exact) mass is 534 g/mol. The van der Waals surface area contributed by atoms with Crippen LogP contribution in [-0.4, -0.2) is 37.5 Å². The summed E-state index contributed by atoms with van der Waals surface area (Å²) in [5.41, 5.74) is 9.48. The number of nitrogens with two attached hydrogens (primary N) is 1. The van der Waals surface area contributed by atoms with E-state index < -0.39 is 21.7 Å². The SMILES string of the molecule is C=C(N)c1ccc(CCC(=O)CNC(=O)[C@@H](CCc2ccccc2)CS(=O)(=O)Cc2ccc(O)cc2)cc1. The summed E-state index contributed by atoms with van der Waals surface area (Å²) in [5.74, 6) is -1.91. The topological polar surface area (TPSA) is 127 Å². The fourth-order valence-electron chi connectivity index (χ4n) is 4.07. The molecule has 3 rings (SSSR count). The highest BCUT2D eigenvalue weighted by Gasteiger charge is 2.26. The van der Waals surface area contributed by atoms with Gasteiger partial charge in [-0.25, -0.2) is 8.42 Å². The van der Waals surface area contributed by atoms with Crippen LogP contribution < -0.4 is 11.1 Å². The van der Waals surface area contributed by atoms with Gasteiger partial charge in [-0.15, -0.1) is 0 Å². The lowest BCUT2D eigenvalue weighted by molar-refractivity contribution is -0.127. The van der Waals surface area contributed by atoms with Gasteiger partial charge < -0.3 is 16.2 Å². The number of phenolic OH excluding ortho intramolecular Hbond substituents is 1. The smallest absolute Gasteiger partial charge is 0.224 e. The Morgan fingerprint density at radius 3 is 2.11 bits per heavy atom. The van der Waals surface area contributed by atoms with E-state index in [1.54, 1.807) is 12.1 Å². The van der Waals surface area contributed by atoms with E-state index in [1.165, 1.54) is 12.1 Å². The number of sulfone groups is 1. The number of rotatable bonds is 14. The summed E-state index contributed by atoms with van der Waals surface area (Å²) in [6, 6.07) is 23.0. The van der Waals surface area contributed by atoms with Gasteiger partial charge in [0.15, 0.2) is 15.6 Å². The summed E-state index contributed by atoms with van der Waals surface area (Å²) >= 11 is 0. The van der Waals surface area contributed by atoms with E-state index in [0.29, 0.717) is 30.5 Å². The Labute approximate surface area is 224 Å². The van der Waals surface area contributed by atoms with Gasteiger partial charge in [-0.3, -0.25) is 9.59 Å². The van der Waals surface area contributed by atoms with Crippen LogP contribution >= 0.6 is 0 Å². The third kappa shape index (κ3) is 9.52. The maximum absolute atomic E-state index is 13.0. The first-order valence-corrected chi connectivity index (χ1v) is 14.3. The first kappa shape index (κ1) is 28.7. The summed E-state index contributed by atoms with van der Waals surface area (Å²) in [6.45, 7) is 3.54. The number of hydrogen-bond donors (Lipinski definition) is 3. The Morgan fingerprint density at radius 2 is 1.47 bits per heavy atom. The average Bonchev–Trinajstić information content (AvgIpc) is 2.90. The fourth-order valence-corrected chi connectivity index (χ4v) is 5.82. The largest absolute Gasteiger partial charge is 0.508 e. The lowest BCUT2D eigenvalue weighted by Crippen LogP contribution is -2.38. The maximum atomic E-state index is 13.0. The van der Waals surface area contributed by atoms with Gasteiger partial charge in [0.1, 0.15) is 5.75 Å². The third-order valence-electron chi connectivity index (χ3n) is 6.25. The van der Waals surface area contributed by atoms with Crippen LogP contribution in [0.3, 0.4) is 0 Å². The summed E-state index contributed by atoms with van der Waals surface area (Å²) in [5, 5.41) is 12.1. The number of carbonyl (C=O) groups excluding carboxylic acids is 2. The van der Waals surface area contributed by atoms with Crippen molar-refractivity contribution in [1.82, 2.24) is 5.32 Å². The Balaban J connectivity index is 1.58. The van der Waals surface area contributed by atoms with Crippen molar-refractivity contribution in [2.45, 2.75) is 31.4 Å². The molecule has 200 valence electrons. The van der Waals surface area contributed by atoms with Crippen molar-refractivity contribution in [2.75, 3.05) is 12.3 Å². The zero-order chi connectivity index (χ0) is 27.5. The number of nitrogens with one attached hydrogen (secondary N) is 1. The minimum absolute atomic E-state index is 0.0504. The number of hydrogen-bond acceptors (Lipinski definition) is 6. The second kappa shape index (κ2) is 13.6. The van der Waals surface area contributed by atoms with Gasteiger partial charge in [0.25, 0.3) is 0 Å². The van der Waals surface area contributed by atoms with Gasteiger partial charge in [-0.1, -0.05) is 73.3 Å². The number of benzene rings is 3. The zero-order valence-corrected chi connectivity index (χ0v) is 22.1. The first-order valence-electron chi connectivity index (χ1n) is 12.5. The second-order valence-corrected chi connectivity index (χ2v) is 11.5. The molecule has 0 aliphatic carbocycles. The van der Waals surface area contributed by atoms with Crippen LogP contribution in [0.5, 0.6) is 5.75 Å². The molecular weight excluding hydrogens is 500 g/mol. The number of carbonyl (C=O) groups is 2. The van der Waals surface area contributed by atoms with Gasteiger partial charge in [-0.2, -0.15) is 0 Å². The predicted molar refractivity (Wildman–Crippen MR) is 150 cm³/mol. The van der Waals surface area contributed by atoms with Crippen LogP contribution in [0.1, 0.15) is 35.1 Å². The molecule has 0 fully saturated rings. The molecule has 1 amide bonds. The molecule has 0 bridgehead atoms. The van der Waals surface area contributed by atoms with E-state index in [4.69, 9.17) is 5.73 Å². The third-order valence-corrected chi connectivity index (χ3v) is 7.93. The molecule has 0 aliphatic rings. The van der Waals surface area contributed by atoms with Crippen LogP contribution in [0.2, 0.25) is 0 Å². The molecule has 8 heteroatoms. The van der Waals surface area contributed by atoms with E-state index in [9.17, 15) is 23.1 Å². The van der Waals surface area contributed by atoms with Crippen molar-refractivity contribution < 1.29 is 23.1 Å². The summed E-state index contributed by atoms with van der Waals surface area (Å²) in [6.07, 6.45) is 1.63. The summed E-state index contributed by atoms with van der Waals surface area (Å²) in [7, 11) is -3.63. The molecule has 3 aromatic carbocycles. The van der Waals surface area contributed by atoms with Gasteiger partial charge >= 0.3 is 0 Å². The van der Waals surface area contributed by atoms with E-state index in [0.717, 1.165) is 16.7 Å². The summed E-state index contributed by atoms with van der Waals surface area (Å²) < 4.78 is 25.9. The van der Waals surface area contributed by atoms with Crippen molar-refractivity contribution >= 4 is 27.2 Å². The molecule has 0 aliphatic heterocycles. The Bertz CT molecular complexity index is 1340. The molecule has 0 spiro atoms. The van der Waals surface area contributed by atoms with Gasteiger partial charge in [0.05, 0.1) is 24.0 Å². The molecule has 0 aromatic heterocycles. The van der Waals surface area contributed by atoms with Crippen molar-refractivity contribution in [3.05, 3.63) is 108 Å². The van der Waals surface area contributed by atoms with Crippen LogP contribution in [0.25, 0.3) is 5.70 Å². The highest BCUT2D eigenvalue weighted by Crippen LogP contribution is 2.18. The van der Waals surface area contributed by atoms with Crippen molar-refractivity contribution in [3.63, 3.8) is 0 Å². The number of aromatic hydroxyl groups is 1. The molecule has 0 heterocycles. The van der Waals surface area contributed by atoms with Crippen molar-refractivity contribution in [1.29, 1.82) is 0 Å². The van der Waals surface area contributed by atoms with Gasteiger partial charge in [0.2, 0.25) is 5.91 Å². The molecule has 0 unspecified atom stereocenters. The average molecular weight is 535 g/mol. The van der Waals surface area contributed by atoms with E-state index in [2.05, 4.69) is 11.9 Å². The molecule has 3 aromatic rings. The molecule has 0 saturated heterocycles. The molecule has 38 heavy (non-hydrogen) atoms. The predicted octanol–water partition coefficient (Wildman–Crippen LogP) is 3.80. The van der Waals surface area contributed by atoms with Crippen molar-refractivity contribution in [3.8, 4) is 5.75 Å². The highest BCUT2D eigenvalue weighted by atomic mass is 32.2. The van der Waals surface area contributed by atoms with Crippen LogP contribution in [0.15, 0.2) is 85.4 Å². The number of aryl methyl sites for hydroxylation is 2. The molecule has 1 atom stereocenters. The number of amides is 1. The molecule has 7 nitrogen and oxygen atoms in total. The molecular formula is C30H34N2O5S. The first-order chi connectivity index (χ1) is 18.1. The van der Waals surface area contributed by atoms with Crippen LogP contribution in [-0.2, 0) is 38.0 Å². The van der Waals surface area contributed by atoms with Gasteiger partial charge in [0, 0.05) is 12.1 Å². The maximum Gasteiger partial charge on any atom is 0.224 e.